The summed E-state index contributed by atoms with van der Waals surface area (Å²) in [5, 5.41) is 7.67. The van der Waals surface area contributed by atoms with Crippen molar-refractivity contribution >= 4 is 34.3 Å². The van der Waals surface area contributed by atoms with Crippen molar-refractivity contribution in [2.45, 2.75) is 6.42 Å². The van der Waals surface area contributed by atoms with Crippen LogP contribution in [-0.4, -0.2) is 54.2 Å². The van der Waals surface area contributed by atoms with Gasteiger partial charge in [-0.3, -0.25) is 14.9 Å². The Morgan fingerprint density at radius 3 is 2.68 bits per heavy atom. The number of esters is 1. The third-order valence-electron chi connectivity index (χ3n) is 3.98. The number of nitrogens with one attached hydrogen (secondary N) is 2. The molecule has 0 radical (unpaired) electrons. The second-order valence-corrected chi connectivity index (χ2v) is 6.92. The molecular weight excluding hydrogens is 422 g/mol. The van der Waals surface area contributed by atoms with Gasteiger partial charge in [-0.1, -0.05) is 0 Å². The zero-order chi connectivity index (χ0) is 22.1. The van der Waals surface area contributed by atoms with Gasteiger partial charge in [0, 0.05) is 29.9 Å². The molecule has 0 bridgehead atoms. The molecule has 0 unspecified atom stereocenters. The fourth-order valence-corrected chi connectivity index (χ4v) is 3.24. The lowest BCUT2D eigenvalue weighted by molar-refractivity contribution is -0.147. The van der Waals surface area contributed by atoms with Gasteiger partial charge in [-0.25, -0.2) is 15.0 Å². The summed E-state index contributed by atoms with van der Waals surface area (Å²) in [6.45, 7) is -0.110. The predicted octanol–water partition coefficient (Wildman–Crippen LogP) is 2.60. The molecular formula is C20H21N5O5S. The lowest BCUT2D eigenvalue weighted by atomic mass is 10.1. The molecule has 2 heterocycles. The van der Waals surface area contributed by atoms with Crippen LogP contribution in [0.25, 0.3) is 11.3 Å². The molecule has 0 saturated carbocycles. The van der Waals surface area contributed by atoms with Crippen molar-refractivity contribution in [3.63, 3.8) is 0 Å². The second-order valence-electron chi connectivity index (χ2n) is 6.06. The third-order valence-corrected chi connectivity index (χ3v) is 4.73. The van der Waals surface area contributed by atoms with Crippen molar-refractivity contribution < 1.29 is 23.8 Å². The minimum atomic E-state index is -0.514. The number of nitrogens with zero attached hydrogens (tertiary/aromatic N) is 3. The maximum atomic E-state index is 12.1. The molecule has 0 spiro atoms. The van der Waals surface area contributed by atoms with Crippen molar-refractivity contribution in [1.82, 2.24) is 15.0 Å². The average Bonchev–Trinajstić information content (AvgIpc) is 3.26. The molecule has 0 fully saturated rings. The normalized spacial score (nSPS) is 10.3. The first-order chi connectivity index (χ1) is 15.1. The number of benzene rings is 1. The summed E-state index contributed by atoms with van der Waals surface area (Å²) in [6, 6.07) is 7.06. The highest BCUT2D eigenvalue weighted by molar-refractivity contribution is 7.14. The Labute approximate surface area is 182 Å². The quantitative estimate of drug-likeness (QED) is 0.455. The fraction of sp³-hybridized carbons (Fsp3) is 0.250. The summed E-state index contributed by atoms with van der Waals surface area (Å²) in [5.74, 6) is 0.716. The maximum absolute atomic E-state index is 12.1. The number of carbonyl (C=O) groups excluding carboxylic acids is 2. The number of ether oxygens (including phenoxy) is 3. The number of aromatic nitrogens is 3. The van der Waals surface area contributed by atoms with Gasteiger partial charge < -0.3 is 19.5 Å². The molecule has 162 valence electrons. The minimum Gasteiger partial charge on any atom is -0.497 e. The van der Waals surface area contributed by atoms with Crippen LogP contribution in [0.3, 0.4) is 0 Å². The maximum Gasteiger partial charge on any atom is 0.308 e. The van der Waals surface area contributed by atoms with E-state index in [1.165, 1.54) is 11.3 Å². The second kappa shape index (κ2) is 10.9. The van der Waals surface area contributed by atoms with Crippen molar-refractivity contribution in [3.05, 3.63) is 42.0 Å². The summed E-state index contributed by atoms with van der Waals surface area (Å²) in [7, 11) is 3.14. The van der Waals surface area contributed by atoms with Crippen LogP contribution in [0.5, 0.6) is 11.5 Å². The van der Waals surface area contributed by atoms with Crippen molar-refractivity contribution in [1.29, 1.82) is 0 Å². The Morgan fingerprint density at radius 2 is 1.94 bits per heavy atom. The first-order valence-corrected chi connectivity index (χ1v) is 10.1. The first kappa shape index (κ1) is 22.0. The zero-order valence-corrected chi connectivity index (χ0v) is 17.8. The molecule has 0 aliphatic heterocycles. The van der Waals surface area contributed by atoms with E-state index in [9.17, 15) is 9.59 Å². The summed E-state index contributed by atoms with van der Waals surface area (Å²) >= 11 is 1.25. The topological polar surface area (TPSA) is 125 Å². The van der Waals surface area contributed by atoms with E-state index in [4.69, 9.17) is 14.2 Å². The highest BCUT2D eigenvalue weighted by Gasteiger charge is 2.14. The minimum absolute atomic E-state index is 0.0720. The summed E-state index contributed by atoms with van der Waals surface area (Å²) in [6.07, 6.45) is 3.25. The van der Waals surface area contributed by atoms with Gasteiger partial charge in [0.05, 0.1) is 26.3 Å². The van der Waals surface area contributed by atoms with E-state index in [-0.39, 0.29) is 6.42 Å². The number of hydrogen-bond acceptors (Lipinski definition) is 10. The molecule has 1 amide bonds. The number of anilines is 2. The summed E-state index contributed by atoms with van der Waals surface area (Å²) in [4.78, 5) is 36.2. The van der Waals surface area contributed by atoms with E-state index in [2.05, 4.69) is 25.6 Å². The highest BCUT2D eigenvalue weighted by atomic mass is 32.1. The molecule has 0 saturated heterocycles. The number of thiazole rings is 1. The number of carbonyl (C=O) groups is 2. The van der Waals surface area contributed by atoms with E-state index >= 15 is 0 Å². The van der Waals surface area contributed by atoms with Crippen molar-refractivity contribution in [3.8, 4) is 22.8 Å². The molecule has 10 nitrogen and oxygen atoms in total. The van der Waals surface area contributed by atoms with Crippen LogP contribution in [0, 0.1) is 0 Å². The lowest BCUT2D eigenvalue weighted by Gasteiger charge is -2.08. The van der Waals surface area contributed by atoms with Crippen LogP contribution >= 0.6 is 11.3 Å². The Balaban J connectivity index is 1.47. The van der Waals surface area contributed by atoms with Crippen LogP contribution in [0.15, 0.2) is 42.0 Å². The molecule has 2 N–H and O–H groups in total. The third kappa shape index (κ3) is 6.37. The van der Waals surface area contributed by atoms with E-state index in [0.29, 0.717) is 34.8 Å². The molecule has 31 heavy (non-hydrogen) atoms. The first-order valence-electron chi connectivity index (χ1n) is 9.23. The van der Waals surface area contributed by atoms with Gasteiger partial charge in [0.25, 0.3) is 5.91 Å². The zero-order valence-electron chi connectivity index (χ0n) is 17.0. The number of methoxy groups -OCH3 is 2. The number of amides is 1. The lowest BCUT2D eigenvalue weighted by Crippen LogP contribution is -2.22. The summed E-state index contributed by atoms with van der Waals surface area (Å²) < 4.78 is 15.6. The Bertz CT molecular complexity index is 1030. The van der Waals surface area contributed by atoms with Gasteiger partial charge >= 0.3 is 5.97 Å². The van der Waals surface area contributed by atoms with Crippen molar-refractivity contribution in [2.24, 2.45) is 0 Å². The van der Waals surface area contributed by atoms with Crippen LogP contribution < -0.4 is 20.1 Å². The van der Waals surface area contributed by atoms with Gasteiger partial charge in [-0.2, -0.15) is 0 Å². The monoisotopic (exact) mass is 443 g/mol. The molecule has 0 atom stereocenters. The van der Waals surface area contributed by atoms with E-state index < -0.39 is 18.5 Å². The van der Waals surface area contributed by atoms with Gasteiger partial charge in [-0.05, 0) is 24.3 Å². The van der Waals surface area contributed by atoms with Crippen LogP contribution in [0.2, 0.25) is 0 Å². The molecule has 1 aromatic carbocycles. The number of rotatable bonds is 10. The highest BCUT2D eigenvalue weighted by Crippen LogP contribution is 2.34. The molecule has 3 rings (SSSR count). The predicted molar refractivity (Wildman–Crippen MR) is 115 cm³/mol. The van der Waals surface area contributed by atoms with Crippen LogP contribution in [0.4, 0.5) is 11.1 Å². The average molecular weight is 443 g/mol. The van der Waals surface area contributed by atoms with E-state index in [0.717, 1.165) is 5.56 Å². The van der Waals surface area contributed by atoms with Gasteiger partial charge in [-0.15, -0.1) is 11.3 Å². The van der Waals surface area contributed by atoms with E-state index in [1.807, 2.05) is 0 Å². The van der Waals surface area contributed by atoms with Gasteiger partial charge in [0.2, 0.25) is 5.95 Å². The van der Waals surface area contributed by atoms with Crippen LogP contribution in [-0.2, 0) is 14.3 Å². The van der Waals surface area contributed by atoms with Gasteiger partial charge in [0.15, 0.2) is 11.7 Å². The largest absolute Gasteiger partial charge is 0.497 e. The SMILES string of the molecule is COc1ccc(OC)c(-c2csc(NC(=O)COC(=O)CCNc3ncccn3)n2)c1. The summed E-state index contributed by atoms with van der Waals surface area (Å²) in [5.41, 5.74) is 1.36. The Kier molecular flexibility index (Phi) is 7.71. The number of hydrogen-bond donors (Lipinski definition) is 2. The molecule has 2 aromatic heterocycles. The van der Waals surface area contributed by atoms with Gasteiger partial charge in [0.1, 0.15) is 11.5 Å². The van der Waals surface area contributed by atoms with E-state index in [1.54, 1.807) is 56.3 Å². The van der Waals surface area contributed by atoms with Crippen molar-refractivity contribution in [2.75, 3.05) is 38.0 Å². The molecule has 11 heteroatoms. The molecule has 0 aliphatic carbocycles. The van der Waals surface area contributed by atoms with Crippen LogP contribution in [0.1, 0.15) is 6.42 Å². The standard InChI is InChI=1S/C20H21N5O5S/c1-28-13-4-5-16(29-2)14(10-13)15-12-31-20(24-15)25-17(26)11-30-18(27)6-9-23-19-21-7-3-8-22-19/h3-5,7-8,10,12H,6,9,11H2,1-2H3,(H,21,22,23)(H,24,25,26). The molecule has 0 aliphatic rings. The molecule has 3 aromatic rings. The fourth-order valence-electron chi connectivity index (χ4n) is 2.51. The smallest absolute Gasteiger partial charge is 0.308 e. The Hall–Kier alpha value is -3.73. The Morgan fingerprint density at radius 1 is 1.13 bits per heavy atom.